The molecule has 0 aliphatic heterocycles. The molecule has 0 aliphatic carbocycles. The summed E-state index contributed by atoms with van der Waals surface area (Å²) in [5.41, 5.74) is 4.69. The molecule has 1 aromatic heterocycles. The number of hydrogen-bond acceptors (Lipinski definition) is 4. The van der Waals surface area contributed by atoms with Crippen molar-refractivity contribution in [1.29, 1.82) is 0 Å². The van der Waals surface area contributed by atoms with Gasteiger partial charge in [0.1, 0.15) is 5.75 Å². The lowest BCUT2D eigenvalue weighted by atomic mass is 10.1. The average molecular weight is 302 g/mol. The molecule has 1 aromatic carbocycles. The summed E-state index contributed by atoms with van der Waals surface area (Å²) >= 11 is 1.56. The van der Waals surface area contributed by atoms with Crippen LogP contribution in [0.5, 0.6) is 5.75 Å². The first-order chi connectivity index (χ1) is 10.0. The maximum atomic E-state index is 11.9. The molecule has 0 spiro atoms. The molecule has 0 fully saturated rings. The van der Waals surface area contributed by atoms with Gasteiger partial charge >= 0.3 is 0 Å². The number of carbonyl (C=O) groups is 1. The Balaban J connectivity index is 1.90. The molecule has 0 saturated heterocycles. The second-order valence-electron chi connectivity index (χ2n) is 4.83. The van der Waals surface area contributed by atoms with E-state index in [2.05, 4.69) is 16.6 Å². The molecule has 1 N–H and O–H groups in total. The predicted molar refractivity (Wildman–Crippen MR) is 86.1 cm³/mol. The maximum Gasteiger partial charge on any atom is 0.280 e. The quantitative estimate of drug-likeness (QED) is 0.680. The molecule has 0 saturated carbocycles. The SMILES string of the molecule is Cc1cc(C)cc(O[C@@H](C)C(=O)N/N=C\c2cccs2)c1. The Bertz CT molecular complexity index is 615. The van der Waals surface area contributed by atoms with Gasteiger partial charge in [0.15, 0.2) is 6.10 Å². The normalized spacial score (nSPS) is 12.3. The third-order valence-electron chi connectivity index (χ3n) is 2.79. The molecule has 2 aromatic rings. The van der Waals surface area contributed by atoms with Crippen LogP contribution in [0, 0.1) is 13.8 Å². The van der Waals surface area contributed by atoms with E-state index in [1.807, 2.05) is 43.5 Å². The Morgan fingerprint density at radius 1 is 1.33 bits per heavy atom. The highest BCUT2D eigenvalue weighted by Crippen LogP contribution is 2.17. The van der Waals surface area contributed by atoms with Crippen molar-refractivity contribution >= 4 is 23.5 Å². The number of rotatable bonds is 5. The number of benzene rings is 1. The molecule has 1 amide bonds. The number of nitrogens with one attached hydrogen (secondary N) is 1. The van der Waals surface area contributed by atoms with Gasteiger partial charge in [0.25, 0.3) is 5.91 Å². The number of ether oxygens (including phenoxy) is 1. The van der Waals surface area contributed by atoms with Gasteiger partial charge in [0.05, 0.1) is 6.21 Å². The molecule has 0 radical (unpaired) electrons. The average Bonchev–Trinajstić information content (AvgIpc) is 2.90. The van der Waals surface area contributed by atoms with Crippen LogP contribution >= 0.6 is 11.3 Å². The van der Waals surface area contributed by atoms with E-state index in [4.69, 9.17) is 4.74 Å². The van der Waals surface area contributed by atoms with E-state index < -0.39 is 6.10 Å². The molecule has 0 unspecified atom stereocenters. The molecular formula is C16H18N2O2S. The van der Waals surface area contributed by atoms with Crippen molar-refractivity contribution in [2.75, 3.05) is 0 Å². The Morgan fingerprint density at radius 2 is 2.05 bits per heavy atom. The van der Waals surface area contributed by atoms with Gasteiger partial charge in [0.2, 0.25) is 0 Å². The van der Waals surface area contributed by atoms with Crippen LogP contribution in [0.15, 0.2) is 40.8 Å². The predicted octanol–water partition coefficient (Wildman–Crippen LogP) is 3.28. The van der Waals surface area contributed by atoms with E-state index in [0.29, 0.717) is 5.75 Å². The lowest BCUT2D eigenvalue weighted by Crippen LogP contribution is -2.33. The first kappa shape index (κ1) is 15.3. The molecule has 5 heteroatoms. The van der Waals surface area contributed by atoms with Gasteiger partial charge < -0.3 is 4.74 Å². The lowest BCUT2D eigenvalue weighted by Gasteiger charge is -2.14. The number of hydrogen-bond donors (Lipinski definition) is 1. The van der Waals surface area contributed by atoms with E-state index in [9.17, 15) is 4.79 Å². The fraction of sp³-hybridized carbons (Fsp3) is 0.250. The van der Waals surface area contributed by atoms with E-state index in [1.54, 1.807) is 24.5 Å². The molecule has 1 atom stereocenters. The second-order valence-corrected chi connectivity index (χ2v) is 5.81. The summed E-state index contributed by atoms with van der Waals surface area (Å²) < 4.78 is 5.64. The third-order valence-corrected chi connectivity index (χ3v) is 3.59. The van der Waals surface area contributed by atoms with Crippen LogP contribution in [0.2, 0.25) is 0 Å². The minimum Gasteiger partial charge on any atom is -0.481 e. The third kappa shape index (κ3) is 4.72. The summed E-state index contributed by atoms with van der Waals surface area (Å²) in [6.45, 7) is 5.69. The molecule has 110 valence electrons. The van der Waals surface area contributed by atoms with Crippen molar-refractivity contribution in [2.45, 2.75) is 26.9 Å². The largest absolute Gasteiger partial charge is 0.481 e. The zero-order valence-corrected chi connectivity index (χ0v) is 13.1. The topological polar surface area (TPSA) is 50.7 Å². The molecule has 4 nitrogen and oxygen atoms in total. The van der Waals surface area contributed by atoms with Crippen LogP contribution < -0.4 is 10.2 Å². The summed E-state index contributed by atoms with van der Waals surface area (Å²) in [7, 11) is 0. The molecule has 1 heterocycles. The fourth-order valence-electron chi connectivity index (χ4n) is 1.87. The van der Waals surface area contributed by atoms with Gasteiger partial charge in [-0.1, -0.05) is 12.1 Å². The van der Waals surface area contributed by atoms with Crippen LogP contribution in [0.3, 0.4) is 0 Å². The molecule has 0 aliphatic rings. The zero-order chi connectivity index (χ0) is 15.2. The highest BCUT2D eigenvalue weighted by molar-refractivity contribution is 7.11. The van der Waals surface area contributed by atoms with Gasteiger partial charge in [-0.15, -0.1) is 11.3 Å². The van der Waals surface area contributed by atoms with Crippen LogP contribution in [-0.4, -0.2) is 18.2 Å². The first-order valence-electron chi connectivity index (χ1n) is 6.66. The monoisotopic (exact) mass is 302 g/mol. The number of amides is 1. The number of aryl methyl sites for hydroxylation is 2. The van der Waals surface area contributed by atoms with Gasteiger partial charge in [-0.2, -0.15) is 5.10 Å². The van der Waals surface area contributed by atoms with Crippen molar-refractivity contribution in [1.82, 2.24) is 5.43 Å². The second kappa shape index (κ2) is 7.04. The summed E-state index contributed by atoms with van der Waals surface area (Å²) in [5, 5.41) is 5.87. The van der Waals surface area contributed by atoms with Gasteiger partial charge in [-0.25, -0.2) is 5.43 Å². The Hall–Kier alpha value is -2.14. The summed E-state index contributed by atoms with van der Waals surface area (Å²) in [6, 6.07) is 9.73. The van der Waals surface area contributed by atoms with E-state index in [1.165, 1.54) is 0 Å². The van der Waals surface area contributed by atoms with Crippen LogP contribution in [0.25, 0.3) is 0 Å². The Kier molecular flexibility index (Phi) is 5.11. The van der Waals surface area contributed by atoms with Crippen molar-refractivity contribution in [2.24, 2.45) is 5.10 Å². The molecule has 21 heavy (non-hydrogen) atoms. The Morgan fingerprint density at radius 3 is 2.67 bits per heavy atom. The van der Waals surface area contributed by atoms with Gasteiger partial charge in [0, 0.05) is 4.88 Å². The highest BCUT2D eigenvalue weighted by atomic mass is 32.1. The fourth-order valence-corrected chi connectivity index (χ4v) is 2.46. The van der Waals surface area contributed by atoms with E-state index in [0.717, 1.165) is 16.0 Å². The summed E-state index contributed by atoms with van der Waals surface area (Å²) in [4.78, 5) is 12.9. The van der Waals surface area contributed by atoms with Gasteiger partial charge in [-0.3, -0.25) is 4.79 Å². The summed E-state index contributed by atoms with van der Waals surface area (Å²) in [6.07, 6.45) is 1.01. The smallest absolute Gasteiger partial charge is 0.280 e. The van der Waals surface area contributed by atoms with Gasteiger partial charge in [-0.05, 0) is 55.5 Å². The summed E-state index contributed by atoms with van der Waals surface area (Å²) in [5.74, 6) is 0.416. The van der Waals surface area contributed by atoms with E-state index in [-0.39, 0.29) is 5.91 Å². The van der Waals surface area contributed by atoms with Crippen molar-refractivity contribution in [3.63, 3.8) is 0 Å². The van der Waals surface area contributed by atoms with Crippen molar-refractivity contribution in [3.8, 4) is 5.75 Å². The number of hydrazone groups is 1. The van der Waals surface area contributed by atoms with Crippen LogP contribution in [0.4, 0.5) is 0 Å². The van der Waals surface area contributed by atoms with Crippen LogP contribution in [-0.2, 0) is 4.79 Å². The standard InChI is InChI=1S/C16H18N2O2S/c1-11-7-12(2)9-14(8-11)20-13(3)16(19)18-17-10-15-5-4-6-21-15/h4-10,13H,1-3H3,(H,18,19)/b17-10-/t13-/m0/s1. The first-order valence-corrected chi connectivity index (χ1v) is 7.54. The minimum absolute atomic E-state index is 0.276. The minimum atomic E-state index is -0.605. The number of thiophene rings is 1. The molecular weight excluding hydrogens is 284 g/mol. The Labute approximate surface area is 128 Å². The molecule has 0 bridgehead atoms. The van der Waals surface area contributed by atoms with E-state index >= 15 is 0 Å². The highest BCUT2D eigenvalue weighted by Gasteiger charge is 2.14. The molecule has 2 rings (SSSR count). The number of carbonyl (C=O) groups excluding carboxylic acids is 1. The van der Waals surface area contributed by atoms with Crippen LogP contribution in [0.1, 0.15) is 22.9 Å². The maximum absolute atomic E-state index is 11.9. The van der Waals surface area contributed by atoms with Crippen molar-refractivity contribution in [3.05, 3.63) is 51.7 Å². The number of nitrogens with zero attached hydrogens (tertiary/aromatic N) is 1. The van der Waals surface area contributed by atoms with Crippen molar-refractivity contribution < 1.29 is 9.53 Å². The zero-order valence-electron chi connectivity index (χ0n) is 12.3. The lowest BCUT2D eigenvalue weighted by molar-refractivity contribution is -0.127.